The van der Waals surface area contributed by atoms with Crippen LogP contribution in [0.1, 0.15) is 12.5 Å². The summed E-state index contributed by atoms with van der Waals surface area (Å²) < 4.78 is 27.8. The Labute approximate surface area is 194 Å². The van der Waals surface area contributed by atoms with Gasteiger partial charge in [-0.1, -0.05) is 19.1 Å². The molecule has 0 atom stereocenters. The number of nitrogens with zero attached hydrogens (tertiary/aromatic N) is 3. The Bertz CT molecular complexity index is 1120. The van der Waals surface area contributed by atoms with E-state index in [1.807, 2.05) is 37.3 Å². The van der Waals surface area contributed by atoms with Crippen LogP contribution in [0.3, 0.4) is 0 Å². The number of halogens is 1. The van der Waals surface area contributed by atoms with Gasteiger partial charge in [0.05, 0.1) is 4.90 Å². The summed E-state index contributed by atoms with van der Waals surface area (Å²) in [7, 11) is -3.63. The van der Waals surface area contributed by atoms with Crippen molar-refractivity contribution in [2.24, 2.45) is 0 Å². The molecular weight excluding hydrogens is 448 g/mol. The summed E-state index contributed by atoms with van der Waals surface area (Å²) in [4.78, 5) is 11.4. The zero-order valence-corrected chi connectivity index (χ0v) is 19.4. The number of anilines is 4. The van der Waals surface area contributed by atoms with E-state index in [0.29, 0.717) is 17.5 Å². The molecule has 0 aliphatic carbocycles. The van der Waals surface area contributed by atoms with E-state index in [1.165, 1.54) is 0 Å². The molecule has 1 aliphatic rings. The molecule has 32 heavy (non-hydrogen) atoms. The fourth-order valence-corrected chi connectivity index (χ4v) is 4.38. The summed E-state index contributed by atoms with van der Waals surface area (Å²) in [6.45, 7) is 5.62. The molecular formula is C22H27ClN6O2S. The molecule has 0 unspecified atom stereocenters. The highest BCUT2D eigenvalue weighted by molar-refractivity contribution is 7.92. The maximum Gasteiger partial charge on any atom is 0.261 e. The number of aryl methyl sites for hydroxylation is 1. The number of hydrogen-bond donors (Lipinski definition) is 3. The van der Waals surface area contributed by atoms with Crippen LogP contribution < -0.4 is 20.3 Å². The minimum Gasteiger partial charge on any atom is -0.340 e. The van der Waals surface area contributed by atoms with Crippen LogP contribution in [0.15, 0.2) is 65.7 Å². The van der Waals surface area contributed by atoms with E-state index in [0.717, 1.165) is 43.9 Å². The Kier molecular flexibility index (Phi) is 7.89. The third-order valence-corrected chi connectivity index (χ3v) is 6.49. The number of nitrogens with one attached hydrogen (secondary N) is 3. The predicted molar refractivity (Wildman–Crippen MR) is 131 cm³/mol. The highest BCUT2D eigenvalue weighted by atomic mass is 35.5. The fourth-order valence-electron chi connectivity index (χ4n) is 3.32. The lowest BCUT2D eigenvalue weighted by Crippen LogP contribution is -2.44. The summed E-state index contributed by atoms with van der Waals surface area (Å²) in [5, 5.41) is 6.56. The van der Waals surface area contributed by atoms with E-state index in [2.05, 4.69) is 30.2 Å². The van der Waals surface area contributed by atoms with Gasteiger partial charge in [-0.2, -0.15) is 4.98 Å². The van der Waals surface area contributed by atoms with Gasteiger partial charge in [0, 0.05) is 43.8 Å². The third kappa shape index (κ3) is 5.87. The van der Waals surface area contributed by atoms with E-state index in [9.17, 15) is 8.42 Å². The topological polar surface area (TPSA) is 99.2 Å². The molecule has 3 N–H and O–H groups in total. The van der Waals surface area contributed by atoms with Gasteiger partial charge < -0.3 is 15.5 Å². The smallest absolute Gasteiger partial charge is 0.261 e. The molecule has 0 bridgehead atoms. The molecule has 2 heterocycles. The second-order valence-electron chi connectivity index (χ2n) is 7.28. The second kappa shape index (κ2) is 10.6. The van der Waals surface area contributed by atoms with Crippen LogP contribution >= 0.6 is 12.4 Å². The zero-order chi connectivity index (χ0) is 21.7. The van der Waals surface area contributed by atoms with Gasteiger partial charge >= 0.3 is 0 Å². The number of hydrogen-bond acceptors (Lipinski definition) is 7. The fraction of sp³-hybridized carbons (Fsp3) is 0.273. The Balaban J connectivity index is 0.00000289. The number of piperazine rings is 1. The van der Waals surface area contributed by atoms with E-state index < -0.39 is 10.0 Å². The van der Waals surface area contributed by atoms with Gasteiger partial charge in [-0.05, 0) is 54.4 Å². The standard InChI is InChI=1S/C22H26N6O2S.ClH/c1-2-17-3-9-20(10-4-17)31(29,30)27-19-7-5-18(6-8-19)25-21-11-12-24-22(26-21)28-15-13-23-14-16-28;/h3-12,23,27H,2,13-16H2,1H3,(H,24,25,26);1H. The lowest BCUT2D eigenvalue weighted by molar-refractivity contribution is 0.580. The first-order valence-corrected chi connectivity index (χ1v) is 11.8. The van der Waals surface area contributed by atoms with Crippen molar-refractivity contribution in [3.63, 3.8) is 0 Å². The Morgan fingerprint density at radius 2 is 1.62 bits per heavy atom. The van der Waals surface area contributed by atoms with Crippen LogP contribution in [0, 0.1) is 0 Å². The van der Waals surface area contributed by atoms with E-state index >= 15 is 0 Å². The van der Waals surface area contributed by atoms with Crippen LogP contribution in [0.25, 0.3) is 0 Å². The SMILES string of the molecule is CCc1ccc(S(=O)(=O)Nc2ccc(Nc3ccnc(N4CCNCC4)n3)cc2)cc1.Cl. The van der Waals surface area contributed by atoms with Gasteiger partial charge in [-0.3, -0.25) is 4.72 Å². The van der Waals surface area contributed by atoms with Crippen LogP contribution in [0.2, 0.25) is 0 Å². The van der Waals surface area contributed by atoms with E-state index in [4.69, 9.17) is 0 Å². The minimum absolute atomic E-state index is 0. The van der Waals surface area contributed by atoms with Crippen molar-refractivity contribution >= 4 is 45.6 Å². The van der Waals surface area contributed by atoms with Gasteiger partial charge in [0.2, 0.25) is 5.95 Å². The summed E-state index contributed by atoms with van der Waals surface area (Å²) in [5.41, 5.74) is 2.40. The van der Waals surface area contributed by atoms with Crippen molar-refractivity contribution in [2.45, 2.75) is 18.2 Å². The molecule has 1 saturated heterocycles. The second-order valence-corrected chi connectivity index (χ2v) is 8.97. The average Bonchev–Trinajstić information content (AvgIpc) is 2.81. The predicted octanol–water partition coefficient (Wildman–Crippen LogP) is 3.41. The maximum absolute atomic E-state index is 12.6. The van der Waals surface area contributed by atoms with Crippen LogP contribution in [-0.4, -0.2) is 44.6 Å². The molecule has 0 radical (unpaired) electrons. The molecule has 1 aromatic heterocycles. The Morgan fingerprint density at radius 1 is 0.969 bits per heavy atom. The van der Waals surface area contributed by atoms with Gasteiger partial charge in [0.15, 0.2) is 0 Å². The Morgan fingerprint density at radius 3 is 2.28 bits per heavy atom. The Hall–Kier alpha value is -2.88. The molecule has 4 rings (SSSR count). The molecule has 170 valence electrons. The van der Waals surface area contributed by atoms with Crippen LogP contribution in [0.4, 0.5) is 23.1 Å². The van der Waals surface area contributed by atoms with Gasteiger partial charge in [-0.25, -0.2) is 13.4 Å². The maximum atomic E-state index is 12.6. The average molecular weight is 475 g/mol. The molecule has 10 heteroatoms. The number of aromatic nitrogens is 2. The summed E-state index contributed by atoms with van der Waals surface area (Å²) in [5.74, 6) is 1.39. The first kappa shape index (κ1) is 23.8. The largest absolute Gasteiger partial charge is 0.340 e. The highest BCUT2D eigenvalue weighted by Gasteiger charge is 2.15. The number of sulfonamides is 1. The highest BCUT2D eigenvalue weighted by Crippen LogP contribution is 2.21. The van der Waals surface area contributed by atoms with Gasteiger partial charge in [0.25, 0.3) is 10.0 Å². The number of rotatable bonds is 7. The molecule has 1 fully saturated rings. The molecule has 1 aliphatic heterocycles. The molecule has 8 nitrogen and oxygen atoms in total. The number of benzene rings is 2. The van der Waals surface area contributed by atoms with Crippen molar-refractivity contribution in [1.29, 1.82) is 0 Å². The van der Waals surface area contributed by atoms with E-state index in [-0.39, 0.29) is 17.3 Å². The van der Waals surface area contributed by atoms with Gasteiger partial charge in [0.1, 0.15) is 5.82 Å². The van der Waals surface area contributed by atoms with Crippen molar-refractivity contribution in [3.8, 4) is 0 Å². The summed E-state index contributed by atoms with van der Waals surface area (Å²) in [6, 6.07) is 15.8. The van der Waals surface area contributed by atoms with Crippen molar-refractivity contribution in [2.75, 3.05) is 41.1 Å². The van der Waals surface area contributed by atoms with Crippen molar-refractivity contribution in [1.82, 2.24) is 15.3 Å². The minimum atomic E-state index is -3.63. The molecule has 0 amide bonds. The molecule has 0 saturated carbocycles. The monoisotopic (exact) mass is 474 g/mol. The molecule has 0 spiro atoms. The first-order chi connectivity index (χ1) is 15.0. The molecule has 2 aromatic carbocycles. The van der Waals surface area contributed by atoms with Crippen LogP contribution in [0.5, 0.6) is 0 Å². The lowest BCUT2D eigenvalue weighted by Gasteiger charge is -2.27. The summed E-state index contributed by atoms with van der Waals surface area (Å²) in [6.07, 6.45) is 2.60. The van der Waals surface area contributed by atoms with E-state index in [1.54, 1.807) is 30.5 Å². The third-order valence-electron chi connectivity index (χ3n) is 5.09. The zero-order valence-electron chi connectivity index (χ0n) is 17.8. The first-order valence-electron chi connectivity index (χ1n) is 10.3. The summed E-state index contributed by atoms with van der Waals surface area (Å²) >= 11 is 0. The lowest BCUT2D eigenvalue weighted by atomic mass is 10.2. The molecule has 3 aromatic rings. The van der Waals surface area contributed by atoms with Crippen molar-refractivity contribution < 1.29 is 8.42 Å². The quantitative estimate of drug-likeness (QED) is 0.482. The normalized spacial score (nSPS) is 13.8. The van der Waals surface area contributed by atoms with Crippen LogP contribution in [-0.2, 0) is 16.4 Å². The van der Waals surface area contributed by atoms with Crippen molar-refractivity contribution in [3.05, 3.63) is 66.4 Å². The van der Waals surface area contributed by atoms with Gasteiger partial charge in [-0.15, -0.1) is 12.4 Å².